The molecule has 0 bridgehead atoms. The van der Waals surface area contributed by atoms with E-state index < -0.39 is 5.82 Å². The van der Waals surface area contributed by atoms with Gasteiger partial charge < -0.3 is 11.1 Å². The Morgan fingerprint density at radius 2 is 1.89 bits per heavy atom. The number of halogens is 2. The molecule has 19 heavy (non-hydrogen) atoms. The highest BCUT2D eigenvalue weighted by atomic mass is 35.5. The molecule has 0 atom stereocenters. The molecule has 0 fully saturated rings. The van der Waals surface area contributed by atoms with Crippen molar-refractivity contribution in [2.75, 3.05) is 11.1 Å². The monoisotopic (exact) mass is 278 g/mol. The molecule has 3 N–H and O–H groups in total. The van der Waals surface area contributed by atoms with Gasteiger partial charge >= 0.3 is 0 Å². The molecule has 2 aromatic rings. The molecule has 0 saturated heterocycles. The molecular formula is C15H16ClFN2. The Labute approximate surface area is 117 Å². The van der Waals surface area contributed by atoms with Crippen LogP contribution in [-0.2, 0) is 13.0 Å². The van der Waals surface area contributed by atoms with Crippen LogP contribution >= 0.6 is 11.6 Å². The Kier molecular flexibility index (Phi) is 4.27. The van der Waals surface area contributed by atoms with E-state index in [2.05, 4.69) is 18.3 Å². The quantitative estimate of drug-likeness (QED) is 0.821. The molecule has 100 valence electrons. The van der Waals surface area contributed by atoms with Gasteiger partial charge in [0.15, 0.2) is 0 Å². The highest BCUT2D eigenvalue weighted by molar-refractivity contribution is 6.31. The molecule has 0 heterocycles. The number of aryl methyl sites for hydroxylation is 1. The first-order valence-corrected chi connectivity index (χ1v) is 6.54. The molecule has 2 nitrogen and oxygen atoms in total. The van der Waals surface area contributed by atoms with Crippen LogP contribution in [0.3, 0.4) is 0 Å². The standard InChI is InChI=1S/C15H16ClFN2/c1-2-10-5-3-4-6-11(10)9-19-15-8-13(17)12(16)7-14(15)18/h3-8,19H,2,9,18H2,1H3. The van der Waals surface area contributed by atoms with Gasteiger partial charge in [0.2, 0.25) is 0 Å². The average Bonchev–Trinajstić information content (AvgIpc) is 2.41. The SMILES string of the molecule is CCc1ccccc1CNc1cc(F)c(Cl)cc1N. The number of nitrogens with two attached hydrogens (primary N) is 1. The maximum atomic E-state index is 13.4. The minimum atomic E-state index is -0.470. The van der Waals surface area contributed by atoms with Crippen molar-refractivity contribution < 1.29 is 4.39 Å². The van der Waals surface area contributed by atoms with E-state index in [0.717, 1.165) is 6.42 Å². The highest BCUT2D eigenvalue weighted by Gasteiger charge is 2.07. The Bertz CT molecular complexity index is 584. The molecule has 0 saturated carbocycles. The van der Waals surface area contributed by atoms with E-state index in [0.29, 0.717) is 17.9 Å². The second-order valence-electron chi connectivity index (χ2n) is 4.33. The summed E-state index contributed by atoms with van der Waals surface area (Å²) in [6.45, 7) is 2.71. The van der Waals surface area contributed by atoms with Crippen molar-refractivity contribution in [3.8, 4) is 0 Å². The number of nitrogen functional groups attached to an aromatic ring is 1. The average molecular weight is 279 g/mol. The van der Waals surface area contributed by atoms with Crippen molar-refractivity contribution in [3.63, 3.8) is 0 Å². The first kappa shape index (κ1) is 13.7. The van der Waals surface area contributed by atoms with Crippen molar-refractivity contribution in [2.45, 2.75) is 19.9 Å². The smallest absolute Gasteiger partial charge is 0.143 e. The summed E-state index contributed by atoms with van der Waals surface area (Å²) in [4.78, 5) is 0. The predicted molar refractivity (Wildman–Crippen MR) is 79.0 cm³/mol. The van der Waals surface area contributed by atoms with E-state index in [1.165, 1.54) is 23.3 Å². The summed E-state index contributed by atoms with van der Waals surface area (Å²) in [6.07, 6.45) is 0.961. The van der Waals surface area contributed by atoms with E-state index in [4.69, 9.17) is 17.3 Å². The molecule has 4 heteroatoms. The van der Waals surface area contributed by atoms with E-state index in [9.17, 15) is 4.39 Å². The minimum Gasteiger partial charge on any atom is -0.397 e. The van der Waals surface area contributed by atoms with Gasteiger partial charge in [-0.2, -0.15) is 0 Å². The van der Waals surface area contributed by atoms with Crippen molar-refractivity contribution in [2.24, 2.45) is 0 Å². The largest absolute Gasteiger partial charge is 0.397 e. The summed E-state index contributed by atoms with van der Waals surface area (Å²) < 4.78 is 13.4. The molecule has 2 aromatic carbocycles. The zero-order chi connectivity index (χ0) is 13.8. The summed E-state index contributed by atoms with van der Waals surface area (Å²) in [5.41, 5.74) is 9.27. The number of rotatable bonds is 4. The molecular weight excluding hydrogens is 263 g/mol. The molecule has 0 radical (unpaired) electrons. The summed E-state index contributed by atoms with van der Waals surface area (Å²) >= 11 is 5.67. The molecule has 0 spiro atoms. The number of benzene rings is 2. The van der Waals surface area contributed by atoms with Crippen molar-refractivity contribution in [3.05, 3.63) is 58.4 Å². The van der Waals surface area contributed by atoms with Crippen molar-refractivity contribution >= 4 is 23.0 Å². The normalized spacial score (nSPS) is 10.5. The maximum Gasteiger partial charge on any atom is 0.143 e. The summed E-state index contributed by atoms with van der Waals surface area (Å²) in [5.74, 6) is -0.470. The molecule has 0 unspecified atom stereocenters. The number of anilines is 2. The van der Waals surface area contributed by atoms with Crippen molar-refractivity contribution in [1.29, 1.82) is 0 Å². The van der Waals surface area contributed by atoms with E-state index in [1.54, 1.807) is 0 Å². The van der Waals surface area contributed by atoms with E-state index >= 15 is 0 Å². The summed E-state index contributed by atoms with van der Waals surface area (Å²) in [7, 11) is 0. The minimum absolute atomic E-state index is 0.0389. The molecule has 0 aliphatic heterocycles. The van der Waals surface area contributed by atoms with Crippen molar-refractivity contribution in [1.82, 2.24) is 0 Å². The van der Waals surface area contributed by atoms with Gasteiger partial charge in [0.05, 0.1) is 16.4 Å². The van der Waals surface area contributed by atoms with Crippen LogP contribution in [0.1, 0.15) is 18.1 Å². The Hall–Kier alpha value is -1.74. The van der Waals surface area contributed by atoms with Crippen LogP contribution in [0.25, 0.3) is 0 Å². The molecule has 0 aromatic heterocycles. The van der Waals surface area contributed by atoms with Gasteiger partial charge in [0.1, 0.15) is 5.82 Å². The summed E-state index contributed by atoms with van der Waals surface area (Å²) in [6, 6.07) is 10.9. The zero-order valence-electron chi connectivity index (χ0n) is 10.7. The van der Waals surface area contributed by atoms with Crippen LogP contribution in [0.5, 0.6) is 0 Å². The van der Waals surface area contributed by atoms with Crippen LogP contribution in [0, 0.1) is 5.82 Å². The van der Waals surface area contributed by atoms with Gasteiger partial charge in [-0.3, -0.25) is 0 Å². The Balaban J connectivity index is 2.17. The molecule has 0 amide bonds. The first-order chi connectivity index (χ1) is 9.11. The van der Waals surface area contributed by atoms with Gasteiger partial charge in [0, 0.05) is 12.6 Å². The van der Waals surface area contributed by atoms with Crippen LogP contribution in [0.15, 0.2) is 36.4 Å². The fraction of sp³-hybridized carbons (Fsp3) is 0.200. The third-order valence-electron chi connectivity index (χ3n) is 3.06. The second kappa shape index (κ2) is 5.93. The lowest BCUT2D eigenvalue weighted by Gasteiger charge is -2.12. The van der Waals surface area contributed by atoms with Gasteiger partial charge in [-0.15, -0.1) is 0 Å². The second-order valence-corrected chi connectivity index (χ2v) is 4.74. The van der Waals surface area contributed by atoms with Crippen LogP contribution < -0.4 is 11.1 Å². The lowest BCUT2D eigenvalue weighted by Crippen LogP contribution is -2.05. The van der Waals surface area contributed by atoms with Gasteiger partial charge in [-0.05, 0) is 23.6 Å². The van der Waals surface area contributed by atoms with Crippen LogP contribution in [-0.4, -0.2) is 0 Å². The Morgan fingerprint density at radius 3 is 2.58 bits per heavy atom. The van der Waals surface area contributed by atoms with Gasteiger partial charge in [-0.25, -0.2) is 4.39 Å². The van der Waals surface area contributed by atoms with Gasteiger partial charge in [-0.1, -0.05) is 42.8 Å². The highest BCUT2D eigenvalue weighted by Crippen LogP contribution is 2.26. The lowest BCUT2D eigenvalue weighted by atomic mass is 10.1. The molecule has 0 aliphatic rings. The lowest BCUT2D eigenvalue weighted by molar-refractivity contribution is 0.629. The topological polar surface area (TPSA) is 38.0 Å². The molecule has 2 rings (SSSR count). The van der Waals surface area contributed by atoms with E-state index in [-0.39, 0.29) is 5.02 Å². The zero-order valence-corrected chi connectivity index (χ0v) is 11.5. The first-order valence-electron chi connectivity index (χ1n) is 6.17. The van der Waals surface area contributed by atoms with E-state index in [1.807, 2.05) is 18.2 Å². The fourth-order valence-electron chi connectivity index (χ4n) is 1.98. The van der Waals surface area contributed by atoms with Crippen LogP contribution in [0.2, 0.25) is 5.02 Å². The third-order valence-corrected chi connectivity index (χ3v) is 3.35. The summed E-state index contributed by atoms with van der Waals surface area (Å²) in [5, 5.41) is 3.19. The van der Waals surface area contributed by atoms with Gasteiger partial charge in [0.25, 0.3) is 0 Å². The Morgan fingerprint density at radius 1 is 1.21 bits per heavy atom. The predicted octanol–water partition coefficient (Wildman–Crippen LogP) is 4.24. The number of nitrogens with one attached hydrogen (secondary N) is 1. The van der Waals surface area contributed by atoms with Crippen LogP contribution in [0.4, 0.5) is 15.8 Å². The fourth-order valence-corrected chi connectivity index (χ4v) is 2.15. The maximum absolute atomic E-state index is 13.4. The third kappa shape index (κ3) is 3.18. The molecule has 0 aliphatic carbocycles. The number of hydrogen-bond donors (Lipinski definition) is 2. The number of hydrogen-bond acceptors (Lipinski definition) is 2.